The maximum absolute atomic E-state index is 12.2. The van der Waals surface area contributed by atoms with E-state index in [1.54, 1.807) is 24.4 Å². The van der Waals surface area contributed by atoms with Crippen molar-refractivity contribution >= 4 is 17.5 Å². The number of nitrogens with zero attached hydrogens (tertiary/aromatic N) is 2. The molecule has 0 saturated carbocycles. The van der Waals surface area contributed by atoms with Crippen LogP contribution in [0.4, 0.5) is 0 Å². The van der Waals surface area contributed by atoms with Crippen LogP contribution in [0.1, 0.15) is 32.1 Å². The molecule has 6 nitrogen and oxygen atoms in total. The van der Waals surface area contributed by atoms with Gasteiger partial charge in [-0.15, -0.1) is 0 Å². The highest BCUT2D eigenvalue weighted by atomic mass is 16.2. The van der Waals surface area contributed by atoms with Crippen molar-refractivity contribution in [2.75, 3.05) is 0 Å². The first-order valence-electron chi connectivity index (χ1n) is 7.16. The second kappa shape index (κ2) is 5.92. The van der Waals surface area contributed by atoms with Gasteiger partial charge >= 0.3 is 0 Å². The summed E-state index contributed by atoms with van der Waals surface area (Å²) < 4.78 is 1.86. The van der Waals surface area contributed by atoms with Gasteiger partial charge in [0.25, 0.3) is 5.91 Å². The molecule has 6 heteroatoms. The molecule has 0 aliphatic carbocycles. The number of rotatable bonds is 4. The lowest BCUT2D eigenvalue weighted by Gasteiger charge is -2.04. The normalized spacial score (nSPS) is 10.7. The van der Waals surface area contributed by atoms with E-state index in [2.05, 4.69) is 10.3 Å². The molecule has 2 amide bonds. The number of aryl methyl sites for hydroxylation is 1. The summed E-state index contributed by atoms with van der Waals surface area (Å²) in [4.78, 5) is 27.7. The Bertz CT molecular complexity index is 898. The number of benzene rings is 1. The predicted octanol–water partition coefficient (Wildman–Crippen LogP) is 1.67. The van der Waals surface area contributed by atoms with E-state index in [0.29, 0.717) is 17.8 Å². The van der Waals surface area contributed by atoms with Crippen LogP contribution in [0.2, 0.25) is 0 Å². The van der Waals surface area contributed by atoms with Crippen molar-refractivity contribution < 1.29 is 9.59 Å². The lowest BCUT2D eigenvalue weighted by molar-refractivity contribution is 0.0946. The molecular formula is C17H16N4O2. The Morgan fingerprint density at radius 3 is 2.74 bits per heavy atom. The number of hydrogen-bond donors (Lipinski definition) is 2. The molecule has 2 heterocycles. The lowest BCUT2D eigenvalue weighted by Crippen LogP contribution is -2.23. The maximum atomic E-state index is 12.2. The fraction of sp³-hybridized carbons (Fsp3) is 0.118. The summed E-state index contributed by atoms with van der Waals surface area (Å²) in [6, 6.07) is 12.5. The summed E-state index contributed by atoms with van der Waals surface area (Å²) in [5.74, 6) is -0.758. The Hall–Kier alpha value is -3.15. The molecule has 0 bridgehead atoms. The molecule has 0 unspecified atom stereocenters. The van der Waals surface area contributed by atoms with Crippen LogP contribution in [-0.4, -0.2) is 21.2 Å². The van der Waals surface area contributed by atoms with E-state index in [-0.39, 0.29) is 5.91 Å². The Labute approximate surface area is 132 Å². The van der Waals surface area contributed by atoms with E-state index in [1.165, 1.54) is 0 Å². The lowest BCUT2D eigenvalue weighted by atomic mass is 10.1. The average Bonchev–Trinajstić information content (AvgIpc) is 2.98. The third kappa shape index (κ3) is 3.06. The molecule has 0 fully saturated rings. The third-order valence-electron chi connectivity index (χ3n) is 3.59. The minimum absolute atomic E-state index is 0.266. The topological polar surface area (TPSA) is 89.5 Å². The molecule has 0 atom stereocenters. The molecule has 0 aliphatic heterocycles. The molecule has 0 aliphatic rings. The maximum Gasteiger partial charge on any atom is 0.271 e. The quantitative estimate of drug-likeness (QED) is 0.768. The van der Waals surface area contributed by atoms with Gasteiger partial charge in [0, 0.05) is 24.0 Å². The SMILES string of the molecule is Cc1cccc2nc(C(=O)NCc3cccc(C(N)=O)c3)cn12. The van der Waals surface area contributed by atoms with Crippen LogP contribution in [0.5, 0.6) is 0 Å². The van der Waals surface area contributed by atoms with E-state index < -0.39 is 5.91 Å². The zero-order valence-corrected chi connectivity index (χ0v) is 12.6. The smallest absolute Gasteiger partial charge is 0.271 e. The number of nitrogens with one attached hydrogen (secondary N) is 1. The number of primary amides is 1. The number of aromatic nitrogens is 2. The van der Waals surface area contributed by atoms with Crippen molar-refractivity contribution in [1.29, 1.82) is 0 Å². The van der Waals surface area contributed by atoms with Gasteiger partial charge < -0.3 is 15.5 Å². The number of amides is 2. The highest BCUT2D eigenvalue weighted by molar-refractivity contribution is 5.93. The second-order valence-corrected chi connectivity index (χ2v) is 5.27. The predicted molar refractivity (Wildman–Crippen MR) is 86.1 cm³/mol. The average molecular weight is 308 g/mol. The summed E-state index contributed by atoms with van der Waals surface area (Å²) in [5.41, 5.74) is 8.55. The highest BCUT2D eigenvalue weighted by Crippen LogP contribution is 2.09. The molecule has 3 N–H and O–H groups in total. The zero-order chi connectivity index (χ0) is 16.4. The first-order valence-corrected chi connectivity index (χ1v) is 7.16. The van der Waals surface area contributed by atoms with Gasteiger partial charge in [-0.25, -0.2) is 4.98 Å². The minimum atomic E-state index is -0.492. The standard InChI is InChI=1S/C17H16N4O2/c1-11-4-2-7-15-20-14(10-21(11)15)17(23)19-9-12-5-3-6-13(8-12)16(18)22/h2-8,10H,9H2,1H3,(H2,18,22)(H,19,23). The van der Waals surface area contributed by atoms with Crippen molar-refractivity contribution in [2.45, 2.75) is 13.5 Å². The van der Waals surface area contributed by atoms with E-state index >= 15 is 0 Å². The van der Waals surface area contributed by atoms with E-state index in [0.717, 1.165) is 16.9 Å². The molecule has 116 valence electrons. The fourth-order valence-corrected chi connectivity index (χ4v) is 2.37. The number of imidazole rings is 1. The highest BCUT2D eigenvalue weighted by Gasteiger charge is 2.11. The van der Waals surface area contributed by atoms with Crippen LogP contribution < -0.4 is 11.1 Å². The summed E-state index contributed by atoms with van der Waals surface area (Å²) >= 11 is 0. The van der Waals surface area contributed by atoms with E-state index in [9.17, 15) is 9.59 Å². The molecule has 1 aromatic carbocycles. The number of pyridine rings is 1. The van der Waals surface area contributed by atoms with E-state index in [4.69, 9.17) is 5.73 Å². The molecule has 0 saturated heterocycles. The molecule has 3 rings (SSSR count). The third-order valence-corrected chi connectivity index (χ3v) is 3.59. The monoisotopic (exact) mass is 308 g/mol. The number of carbonyl (C=O) groups is 2. The Kier molecular flexibility index (Phi) is 3.80. The molecule has 0 spiro atoms. The number of fused-ring (bicyclic) bond motifs is 1. The molecular weight excluding hydrogens is 292 g/mol. The van der Waals surface area contributed by atoms with Gasteiger partial charge in [-0.3, -0.25) is 9.59 Å². The summed E-state index contributed by atoms with van der Waals surface area (Å²) in [7, 11) is 0. The number of nitrogens with two attached hydrogens (primary N) is 1. The molecule has 2 aromatic heterocycles. The van der Waals surface area contributed by atoms with Crippen LogP contribution in [0, 0.1) is 6.92 Å². The van der Waals surface area contributed by atoms with Crippen molar-refractivity contribution in [2.24, 2.45) is 5.73 Å². The van der Waals surface area contributed by atoms with Crippen molar-refractivity contribution in [3.8, 4) is 0 Å². The second-order valence-electron chi connectivity index (χ2n) is 5.27. The molecule has 23 heavy (non-hydrogen) atoms. The minimum Gasteiger partial charge on any atom is -0.366 e. The largest absolute Gasteiger partial charge is 0.366 e. The van der Waals surface area contributed by atoms with Gasteiger partial charge in [0.05, 0.1) is 0 Å². The number of hydrogen-bond acceptors (Lipinski definition) is 3. The molecule has 3 aromatic rings. The summed E-state index contributed by atoms with van der Waals surface area (Å²) in [6.45, 7) is 2.25. The first-order chi connectivity index (χ1) is 11.0. The van der Waals surface area contributed by atoms with Crippen molar-refractivity contribution in [1.82, 2.24) is 14.7 Å². The van der Waals surface area contributed by atoms with Gasteiger partial charge in [-0.1, -0.05) is 18.2 Å². The van der Waals surface area contributed by atoms with Gasteiger partial charge in [-0.05, 0) is 36.8 Å². The Balaban J connectivity index is 1.75. The van der Waals surface area contributed by atoms with Crippen molar-refractivity contribution in [3.63, 3.8) is 0 Å². The van der Waals surface area contributed by atoms with Gasteiger partial charge in [0.15, 0.2) is 0 Å². The van der Waals surface area contributed by atoms with Crippen LogP contribution in [0.15, 0.2) is 48.7 Å². The van der Waals surface area contributed by atoms with Gasteiger partial charge in [-0.2, -0.15) is 0 Å². The molecule has 0 radical (unpaired) electrons. The Morgan fingerprint density at radius 1 is 1.22 bits per heavy atom. The van der Waals surface area contributed by atoms with Gasteiger partial charge in [0.2, 0.25) is 5.91 Å². The zero-order valence-electron chi connectivity index (χ0n) is 12.6. The summed E-state index contributed by atoms with van der Waals surface area (Å²) in [6.07, 6.45) is 1.71. The van der Waals surface area contributed by atoms with Gasteiger partial charge in [0.1, 0.15) is 11.3 Å². The van der Waals surface area contributed by atoms with Crippen LogP contribution >= 0.6 is 0 Å². The van der Waals surface area contributed by atoms with Crippen LogP contribution in [0.25, 0.3) is 5.65 Å². The summed E-state index contributed by atoms with van der Waals surface area (Å²) in [5, 5.41) is 2.79. The fourth-order valence-electron chi connectivity index (χ4n) is 2.37. The van der Waals surface area contributed by atoms with Crippen LogP contribution in [-0.2, 0) is 6.54 Å². The number of carbonyl (C=O) groups excluding carboxylic acids is 2. The first kappa shape index (κ1) is 14.8. The van der Waals surface area contributed by atoms with Crippen LogP contribution in [0.3, 0.4) is 0 Å². The van der Waals surface area contributed by atoms with E-state index in [1.807, 2.05) is 35.6 Å². The Morgan fingerprint density at radius 2 is 2.00 bits per heavy atom. The van der Waals surface area contributed by atoms with Crippen molar-refractivity contribution in [3.05, 3.63) is 71.2 Å².